The SMILES string of the molecule is Cc1cc(C(=O)NC2(C#N)CCN(C)CC2)n(C)n1. The highest BCUT2D eigenvalue weighted by molar-refractivity contribution is 5.93. The maximum absolute atomic E-state index is 12.3. The van der Waals surface area contributed by atoms with Crippen molar-refractivity contribution in [2.75, 3.05) is 20.1 Å². The van der Waals surface area contributed by atoms with Gasteiger partial charge in [0.1, 0.15) is 11.2 Å². The molecular weight excluding hydrogens is 242 g/mol. The molecule has 19 heavy (non-hydrogen) atoms. The minimum Gasteiger partial charge on any atom is -0.332 e. The van der Waals surface area contributed by atoms with Gasteiger partial charge in [0, 0.05) is 20.1 Å². The molecule has 1 saturated heterocycles. The lowest BCUT2D eigenvalue weighted by Gasteiger charge is -2.35. The predicted molar refractivity (Wildman–Crippen MR) is 70.5 cm³/mol. The van der Waals surface area contributed by atoms with Crippen LogP contribution in [0.1, 0.15) is 29.0 Å². The molecule has 0 aromatic carbocycles. The first-order chi connectivity index (χ1) is 8.96. The lowest BCUT2D eigenvalue weighted by molar-refractivity contribution is 0.0872. The van der Waals surface area contributed by atoms with Crippen molar-refractivity contribution in [2.45, 2.75) is 25.3 Å². The summed E-state index contributed by atoms with van der Waals surface area (Å²) in [5.41, 5.74) is 0.537. The van der Waals surface area contributed by atoms with E-state index >= 15 is 0 Å². The number of nitrogens with zero attached hydrogens (tertiary/aromatic N) is 4. The van der Waals surface area contributed by atoms with Crippen LogP contribution in [-0.4, -0.2) is 46.3 Å². The van der Waals surface area contributed by atoms with Crippen LogP contribution in [0, 0.1) is 18.3 Å². The van der Waals surface area contributed by atoms with Gasteiger partial charge in [-0.05, 0) is 32.9 Å². The van der Waals surface area contributed by atoms with Gasteiger partial charge in [0.15, 0.2) is 0 Å². The first-order valence-corrected chi connectivity index (χ1v) is 6.39. The molecule has 1 aliphatic heterocycles. The average molecular weight is 261 g/mol. The Morgan fingerprint density at radius 2 is 2.11 bits per heavy atom. The van der Waals surface area contributed by atoms with Crippen LogP contribution in [0.3, 0.4) is 0 Å². The molecule has 2 heterocycles. The molecule has 1 N–H and O–H groups in total. The largest absolute Gasteiger partial charge is 0.332 e. The smallest absolute Gasteiger partial charge is 0.270 e. The standard InChI is InChI=1S/C13H19N5O/c1-10-8-11(18(3)16-10)12(19)15-13(9-14)4-6-17(2)7-5-13/h8H,4-7H2,1-3H3,(H,15,19). The molecule has 1 aromatic heterocycles. The minimum atomic E-state index is -0.748. The molecule has 2 rings (SSSR count). The van der Waals surface area contributed by atoms with Crippen molar-refractivity contribution in [3.05, 3.63) is 17.5 Å². The Bertz CT molecular complexity index is 520. The van der Waals surface area contributed by atoms with Crippen molar-refractivity contribution in [2.24, 2.45) is 7.05 Å². The third-order valence-corrected chi connectivity index (χ3v) is 3.64. The Morgan fingerprint density at radius 3 is 2.58 bits per heavy atom. The van der Waals surface area contributed by atoms with Crippen LogP contribution in [0.25, 0.3) is 0 Å². The monoisotopic (exact) mass is 261 g/mol. The van der Waals surface area contributed by atoms with Gasteiger partial charge in [0.05, 0.1) is 11.8 Å². The lowest BCUT2D eigenvalue weighted by atomic mass is 9.89. The highest BCUT2D eigenvalue weighted by atomic mass is 16.2. The third-order valence-electron chi connectivity index (χ3n) is 3.64. The minimum absolute atomic E-state index is 0.228. The fourth-order valence-electron chi connectivity index (χ4n) is 2.37. The van der Waals surface area contributed by atoms with E-state index in [2.05, 4.69) is 21.4 Å². The van der Waals surface area contributed by atoms with Crippen LogP contribution >= 0.6 is 0 Å². The summed E-state index contributed by atoms with van der Waals surface area (Å²) >= 11 is 0. The van der Waals surface area contributed by atoms with E-state index in [9.17, 15) is 10.1 Å². The second kappa shape index (κ2) is 5.02. The van der Waals surface area contributed by atoms with Crippen molar-refractivity contribution in [1.29, 1.82) is 5.26 Å². The molecule has 0 aliphatic carbocycles. The van der Waals surface area contributed by atoms with Gasteiger partial charge in [-0.2, -0.15) is 10.4 Å². The number of nitrogens with one attached hydrogen (secondary N) is 1. The number of rotatable bonds is 2. The van der Waals surface area contributed by atoms with E-state index in [4.69, 9.17) is 0 Å². The van der Waals surface area contributed by atoms with E-state index in [0.29, 0.717) is 18.5 Å². The summed E-state index contributed by atoms with van der Waals surface area (Å²) in [5.74, 6) is -0.228. The number of aromatic nitrogens is 2. The fraction of sp³-hybridized carbons (Fsp3) is 0.615. The lowest BCUT2D eigenvalue weighted by Crippen LogP contribution is -2.54. The normalized spacial score (nSPS) is 18.8. The molecule has 6 nitrogen and oxygen atoms in total. The van der Waals surface area contributed by atoms with Crippen molar-refractivity contribution in [1.82, 2.24) is 20.0 Å². The van der Waals surface area contributed by atoms with Gasteiger partial charge >= 0.3 is 0 Å². The molecule has 102 valence electrons. The number of hydrogen-bond donors (Lipinski definition) is 1. The Morgan fingerprint density at radius 1 is 1.47 bits per heavy atom. The van der Waals surface area contributed by atoms with E-state index in [0.717, 1.165) is 18.8 Å². The summed E-state index contributed by atoms with van der Waals surface area (Å²) in [5, 5.41) is 16.4. The first kappa shape index (κ1) is 13.6. The molecule has 0 atom stereocenters. The van der Waals surface area contributed by atoms with E-state index in [1.54, 1.807) is 17.8 Å². The van der Waals surface area contributed by atoms with Crippen LogP contribution in [0.2, 0.25) is 0 Å². The van der Waals surface area contributed by atoms with Crippen molar-refractivity contribution < 1.29 is 4.79 Å². The molecule has 1 fully saturated rings. The quantitative estimate of drug-likeness (QED) is 0.838. The van der Waals surface area contributed by atoms with Gasteiger partial charge in [0.25, 0.3) is 5.91 Å². The molecule has 0 unspecified atom stereocenters. The predicted octanol–water partition coefficient (Wildman–Crippen LogP) is 0.446. The maximum atomic E-state index is 12.3. The van der Waals surface area contributed by atoms with Crippen molar-refractivity contribution in [3.63, 3.8) is 0 Å². The van der Waals surface area contributed by atoms with Gasteiger partial charge in [0.2, 0.25) is 0 Å². The van der Waals surface area contributed by atoms with Gasteiger partial charge in [-0.1, -0.05) is 0 Å². The van der Waals surface area contributed by atoms with Crippen LogP contribution in [0.15, 0.2) is 6.07 Å². The molecular formula is C13H19N5O. The number of carbonyl (C=O) groups is 1. The number of nitriles is 1. The number of aryl methyl sites for hydroxylation is 2. The number of likely N-dealkylation sites (tertiary alicyclic amines) is 1. The van der Waals surface area contributed by atoms with E-state index in [1.807, 2.05) is 14.0 Å². The molecule has 0 saturated carbocycles. The highest BCUT2D eigenvalue weighted by Crippen LogP contribution is 2.21. The summed E-state index contributed by atoms with van der Waals surface area (Å²) in [4.78, 5) is 14.4. The third kappa shape index (κ3) is 2.76. The summed E-state index contributed by atoms with van der Waals surface area (Å²) < 4.78 is 1.55. The Labute approximate surface area is 113 Å². The Hall–Kier alpha value is -1.87. The molecule has 0 radical (unpaired) electrons. The first-order valence-electron chi connectivity index (χ1n) is 6.39. The van der Waals surface area contributed by atoms with Crippen LogP contribution in [0.5, 0.6) is 0 Å². The van der Waals surface area contributed by atoms with E-state index < -0.39 is 5.54 Å². The van der Waals surface area contributed by atoms with Gasteiger partial charge in [-0.15, -0.1) is 0 Å². The molecule has 6 heteroatoms. The zero-order chi connectivity index (χ0) is 14.0. The zero-order valence-corrected chi connectivity index (χ0v) is 11.6. The van der Waals surface area contributed by atoms with Crippen molar-refractivity contribution in [3.8, 4) is 6.07 Å². The van der Waals surface area contributed by atoms with E-state index in [-0.39, 0.29) is 5.91 Å². The summed E-state index contributed by atoms with van der Waals surface area (Å²) in [7, 11) is 3.75. The average Bonchev–Trinajstić information content (AvgIpc) is 2.72. The highest BCUT2D eigenvalue weighted by Gasteiger charge is 2.36. The Balaban J connectivity index is 2.13. The maximum Gasteiger partial charge on any atom is 0.270 e. The van der Waals surface area contributed by atoms with Crippen molar-refractivity contribution >= 4 is 5.91 Å². The van der Waals surface area contributed by atoms with Gasteiger partial charge in [-0.25, -0.2) is 0 Å². The summed E-state index contributed by atoms with van der Waals surface area (Å²) in [6, 6.07) is 4.01. The summed E-state index contributed by atoms with van der Waals surface area (Å²) in [6.45, 7) is 3.48. The fourth-order valence-corrected chi connectivity index (χ4v) is 2.37. The molecule has 1 aromatic rings. The Kier molecular flexibility index (Phi) is 3.58. The number of piperidine rings is 1. The molecule has 1 aliphatic rings. The summed E-state index contributed by atoms with van der Waals surface area (Å²) in [6.07, 6.45) is 1.31. The van der Waals surface area contributed by atoms with Gasteiger partial charge in [-0.3, -0.25) is 9.48 Å². The van der Waals surface area contributed by atoms with Gasteiger partial charge < -0.3 is 10.2 Å². The number of amides is 1. The molecule has 1 amide bonds. The van der Waals surface area contributed by atoms with Crippen LogP contribution in [-0.2, 0) is 7.05 Å². The van der Waals surface area contributed by atoms with Crippen LogP contribution in [0.4, 0.5) is 0 Å². The van der Waals surface area contributed by atoms with Crippen LogP contribution < -0.4 is 5.32 Å². The van der Waals surface area contributed by atoms with E-state index in [1.165, 1.54) is 0 Å². The second-order valence-corrected chi connectivity index (χ2v) is 5.25. The topological polar surface area (TPSA) is 74.0 Å². The number of carbonyl (C=O) groups excluding carboxylic acids is 1. The zero-order valence-electron chi connectivity index (χ0n) is 11.6. The molecule has 0 bridgehead atoms. The number of hydrogen-bond acceptors (Lipinski definition) is 4. The second-order valence-electron chi connectivity index (χ2n) is 5.25. The molecule has 0 spiro atoms.